The van der Waals surface area contributed by atoms with Crippen molar-refractivity contribution in [3.63, 3.8) is 0 Å². The number of hydrogen-bond donors (Lipinski definition) is 1. The summed E-state index contributed by atoms with van der Waals surface area (Å²) in [5.41, 5.74) is 0.919. The highest BCUT2D eigenvalue weighted by atomic mass is 32.2. The minimum atomic E-state index is -3.45. The molecule has 102 valence electrons. The van der Waals surface area contributed by atoms with Crippen LogP contribution in [0.4, 0.5) is 0 Å². The van der Waals surface area contributed by atoms with E-state index in [9.17, 15) is 8.42 Å². The molecule has 1 unspecified atom stereocenters. The smallest absolute Gasteiger partial charge is 0.216 e. The number of nitriles is 1. The van der Waals surface area contributed by atoms with E-state index < -0.39 is 10.0 Å². The second kappa shape index (κ2) is 6.15. The van der Waals surface area contributed by atoms with Gasteiger partial charge in [-0.1, -0.05) is 18.2 Å². The van der Waals surface area contributed by atoms with Gasteiger partial charge in [0.05, 0.1) is 24.0 Å². The van der Waals surface area contributed by atoms with Crippen LogP contribution in [0.5, 0.6) is 0 Å². The Morgan fingerprint density at radius 2 is 2.21 bits per heavy atom. The summed E-state index contributed by atoms with van der Waals surface area (Å²) in [6.45, 7) is 1.11. The van der Waals surface area contributed by atoms with Crippen molar-refractivity contribution in [3.8, 4) is 6.07 Å². The summed E-state index contributed by atoms with van der Waals surface area (Å²) in [6.07, 6.45) is 1.65. The Morgan fingerprint density at radius 1 is 1.42 bits per heavy atom. The third-order valence-electron chi connectivity index (χ3n) is 2.99. The Bertz CT molecular complexity index is 572. The largest absolute Gasteiger partial charge is 0.380 e. The predicted molar refractivity (Wildman–Crippen MR) is 70.8 cm³/mol. The molecule has 0 aliphatic carbocycles. The Labute approximate surface area is 113 Å². The molecule has 1 aromatic carbocycles. The van der Waals surface area contributed by atoms with E-state index in [0.29, 0.717) is 24.3 Å². The normalized spacial score (nSPS) is 19.8. The van der Waals surface area contributed by atoms with Gasteiger partial charge in [-0.25, -0.2) is 13.1 Å². The first kappa shape index (κ1) is 14.0. The van der Waals surface area contributed by atoms with Crippen LogP contribution in [0.2, 0.25) is 0 Å². The minimum Gasteiger partial charge on any atom is -0.380 e. The predicted octanol–water partition coefficient (Wildman–Crippen LogP) is 1.16. The lowest BCUT2D eigenvalue weighted by Crippen LogP contribution is -2.41. The highest BCUT2D eigenvalue weighted by Gasteiger charge is 2.21. The van der Waals surface area contributed by atoms with Gasteiger partial charge in [0.25, 0.3) is 0 Å². The monoisotopic (exact) mass is 280 g/mol. The van der Waals surface area contributed by atoms with Crippen LogP contribution in [-0.2, 0) is 20.5 Å². The molecule has 0 bridgehead atoms. The molecule has 1 saturated heterocycles. The quantitative estimate of drug-likeness (QED) is 0.897. The molecule has 1 heterocycles. The van der Waals surface area contributed by atoms with Gasteiger partial charge in [0.15, 0.2) is 0 Å². The van der Waals surface area contributed by atoms with Crippen LogP contribution in [0.15, 0.2) is 24.3 Å². The number of nitrogens with zero attached hydrogens (tertiary/aromatic N) is 1. The molecule has 1 aliphatic rings. The second-order valence-corrected chi connectivity index (χ2v) is 6.31. The van der Waals surface area contributed by atoms with E-state index in [4.69, 9.17) is 10.00 Å². The molecule has 19 heavy (non-hydrogen) atoms. The molecule has 6 heteroatoms. The average molecular weight is 280 g/mol. The molecule has 0 spiro atoms. The van der Waals surface area contributed by atoms with Crippen molar-refractivity contribution >= 4 is 10.0 Å². The standard InChI is InChI=1S/C13H16N2O3S/c14-8-11-4-1-2-5-12(11)10-19(16,17)15-13-6-3-7-18-9-13/h1-2,4-5,13,15H,3,6-7,9-10H2. The van der Waals surface area contributed by atoms with Crippen molar-refractivity contribution in [2.24, 2.45) is 0 Å². The van der Waals surface area contributed by atoms with Crippen molar-refractivity contribution in [1.29, 1.82) is 5.26 Å². The lowest BCUT2D eigenvalue weighted by atomic mass is 10.1. The Kier molecular flexibility index (Phi) is 4.53. The Balaban J connectivity index is 2.06. The molecule has 0 amide bonds. The van der Waals surface area contributed by atoms with Gasteiger partial charge in [-0.05, 0) is 24.5 Å². The Hall–Kier alpha value is -1.42. The first-order valence-electron chi connectivity index (χ1n) is 6.16. The first-order valence-corrected chi connectivity index (χ1v) is 7.82. The topological polar surface area (TPSA) is 79.2 Å². The van der Waals surface area contributed by atoms with Gasteiger partial charge in [-0.2, -0.15) is 5.26 Å². The van der Waals surface area contributed by atoms with Crippen LogP contribution in [0.1, 0.15) is 24.0 Å². The summed E-state index contributed by atoms with van der Waals surface area (Å²) in [7, 11) is -3.45. The molecule has 0 radical (unpaired) electrons. The molecular weight excluding hydrogens is 264 g/mol. The SMILES string of the molecule is N#Cc1ccccc1CS(=O)(=O)NC1CCCOC1. The lowest BCUT2D eigenvalue weighted by molar-refractivity contribution is 0.0774. The van der Waals surface area contributed by atoms with E-state index in [2.05, 4.69) is 4.72 Å². The fourth-order valence-electron chi connectivity index (χ4n) is 2.09. The summed E-state index contributed by atoms with van der Waals surface area (Å²) in [6, 6.07) is 8.58. The van der Waals surface area contributed by atoms with Crippen molar-refractivity contribution < 1.29 is 13.2 Å². The number of sulfonamides is 1. The van der Waals surface area contributed by atoms with Crippen LogP contribution in [0.3, 0.4) is 0 Å². The summed E-state index contributed by atoms with van der Waals surface area (Å²) < 4.78 is 32.0. The molecular formula is C13H16N2O3S. The zero-order valence-corrected chi connectivity index (χ0v) is 11.3. The van der Waals surface area contributed by atoms with E-state index in [1.165, 1.54) is 0 Å². The molecule has 0 saturated carbocycles. The number of benzene rings is 1. The summed E-state index contributed by atoms with van der Waals surface area (Å²) in [4.78, 5) is 0. The molecule has 1 atom stereocenters. The van der Waals surface area contributed by atoms with Crippen molar-refractivity contribution in [3.05, 3.63) is 35.4 Å². The molecule has 1 aromatic rings. The zero-order valence-electron chi connectivity index (χ0n) is 10.5. The van der Waals surface area contributed by atoms with Crippen molar-refractivity contribution in [1.82, 2.24) is 4.72 Å². The van der Waals surface area contributed by atoms with Gasteiger partial charge in [-0.15, -0.1) is 0 Å². The summed E-state index contributed by atoms with van der Waals surface area (Å²) in [5, 5.41) is 8.95. The third-order valence-corrected chi connectivity index (χ3v) is 4.37. The molecule has 2 rings (SSSR count). The molecule has 1 N–H and O–H groups in total. The molecule has 1 fully saturated rings. The number of hydrogen-bond acceptors (Lipinski definition) is 4. The van der Waals surface area contributed by atoms with Gasteiger partial charge in [-0.3, -0.25) is 0 Å². The minimum absolute atomic E-state index is 0.159. The zero-order chi connectivity index (χ0) is 13.7. The number of rotatable bonds is 4. The fourth-order valence-corrected chi connectivity index (χ4v) is 3.53. The lowest BCUT2D eigenvalue weighted by Gasteiger charge is -2.23. The van der Waals surface area contributed by atoms with Gasteiger partial charge in [0.1, 0.15) is 0 Å². The number of nitrogens with one attached hydrogen (secondary N) is 1. The first-order chi connectivity index (χ1) is 9.11. The van der Waals surface area contributed by atoms with Crippen LogP contribution in [0.25, 0.3) is 0 Å². The maximum absolute atomic E-state index is 12.1. The highest BCUT2D eigenvalue weighted by molar-refractivity contribution is 7.88. The van der Waals surface area contributed by atoms with Crippen LogP contribution < -0.4 is 4.72 Å². The van der Waals surface area contributed by atoms with Gasteiger partial charge in [0.2, 0.25) is 10.0 Å². The Morgan fingerprint density at radius 3 is 2.89 bits per heavy atom. The van der Waals surface area contributed by atoms with Crippen LogP contribution in [0, 0.1) is 11.3 Å². The van der Waals surface area contributed by atoms with Crippen LogP contribution in [-0.4, -0.2) is 27.7 Å². The van der Waals surface area contributed by atoms with Gasteiger partial charge >= 0.3 is 0 Å². The second-order valence-electron chi connectivity index (χ2n) is 4.56. The van der Waals surface area contributed by atoms with E-state index in [-0.39, 0.29) is 11.8 Å². The van der Waals surface area contributed by atoms with E-state index in [0.717, 1.165) is 12.8 Å². The van der Waals surface area contributed by atoms with Crippen molar-refractivity contribution in [2.45, 2.75) is 24.6 Å². The highest BCUT2D eigenvalue weighted by Crippen LogP contribution is 2.13. The van der Waals surface area contributed by atoms with Gasteiger partial charge < -0.3 is 4.74 Å². The summed E-state index contributed by atoms with van der Waals surface area (Å²) in [5.74, 6) is -0.173. The maximum Gasteiger partial charge on any atom is 0.216 e. The molecule has 0 aromatic heterocycles. The fraction of sp³-hybridized carbons (Fsp3) is 0.462. The van der Waals surface area contributed by atoms with E-state index in [1.807, 2.05) is 6.07 Å². The maximum atomic E-state index is 12.1. The van der Waals surface area contributed by atoms with Gasteiger partial charge in [0, 0.05) is 12.6 Å². The van der Waals surface area contributed by atoms with Crippen LogP contribution >= 0.6 is 0 Å². The molecule has 5 nitrogen and oxygen atoms in total. The summed E-state index contributed by atoms with van der Waals surface area (Å²) >= 11 is 0. The number of ether oxygens (including phenoxy) is 1. The third kappa shape index (κ3) is 4.03. The van der Waals surface area contributed by atoms with E-state index >= 15 is 0 Å². The van der Waals surface area contributed by atoms with Crippen molar-refractivity contribution in [2.75, 3.05) is 13.2 Å². The average Bonchev–Trinajstić information content (AvgIpc) is 2.39. The van der Waals surface area contributed by atoms with E-state index in [1.54, 1.807) is 24.3 Å². The molecule has 1 aliphatic heterocycles.